The average Bonchev–Trinajstić information content (AvgIpc) is 3.22. The lowest BCUT2D eigenvalue weighted by Gasteiger charge is -2.36. The van der Waals surface area contributed by atoms with Gasteiger partial charge in [0.2, 0.25) is 11.8 Å². The molecule has 0 bridgehead atoms. The van der Waals surface area contributed by atoms with E-state index in [2.05, 4.69) is 29.6 Å². The van der Waals surface area contributed by atoms with Crippen LogP contribution in [0.25, 0.3) is 0 Å². The van der Waals surface area contributed by atoms with Gasteiger partial charge in [0.15, 0.2) is 0 Å². The van der Waals surface area contributed by atoms with Crippen LogP contribution in [0.2, 0.25) is 5.02 Å². The zero-order chi connectivity index (χ0) is 22.0. The summed E-state index contributed by atoms with van der Waals surface area (Å²) >= 11 is 6.01. The normalized spacial score (nSPS) is 18.1. The number of hydrogen-bond acceptors (Lipinski definition) is 2. The van der Waals surface area contributed by atoms with Crippen molar-refractivity contribution in [1.29, 1.82) is 0 Å². The number of carbonyl (C=O) groups excluding carboxylic acids is 2. The van der Waals surface area contributed by atoms with Gasteiger partial charge in [0.05, 0.1) is 0 Å². The van der Waals surface area contributed by atoms with Crippen LogP contribution in [0.1, 0.15) is 49.3 Å². The van der Waals surface area contributed by atoms with E-state index in [9.17, 15) is 9.59 Å². The maximum absolute atomic E-state index is 13.3. The number of fused-ring (bicyclic) bond motifs is 1. The van der Waals surface area contributed by atoms with Crippen molar-refractivity contribution in [3.8, 4) is 0 Å². The molecule has 1 aliphatic heterocycles. The Balaban J connectivity index is 1.35. The maximum Gasteiger partial charge on any atom is 0.245 e. The number of hydrogen-bond donors (Lipinski definition) is 1. The summed E-state index contributed by atoms with van der Waals surface area (Å²) in [4.78, 5) is 28.2. The van der Waals surface area contributed by atoms with Gasteiger partial charge in [0.25, 0.3) is 0 Å². The van der Waals surface area contributed by atoms with Crippen molar-refractivity contribution in [2.24, 2.45) is 11.8 Å². The summed E-state index contributed by atoms with van der Waals surface area (Å²) in [6.45, 7) is 5.46. The largest absolute Gasteiger partial charge is 0.344 e. The molecule has 4 rings (SSSR count). The van der Waals surface area contributed by atoms with Gasteiger partial charge in [-0.15, -0.1) is 0 Å². The molecule has 2 amide bonds. The van der Waals surface area contributed by atoms with Gasteiger partial charge >= 0.3 is 0 Å². The molecule has 0 aromatic heterocycles. The van der Waals surface area contributed by atoms with E-state index in [0.717, 1.165) is 43.8 Å². The highest BCUT2D eigenvalue weighted by Gasteiger charge is 2.34. The minimum absolute atomic E-state index is 0.000648. The van der Waals surface area contributed by atoms with E-state index in [4.69, 9.17) is 11.6 Å². The first kappa shape index (κ1) is 21.9. The van der Waals surface area contributed by atoms with E-state index in [1.54, 1.807) is 0 Å². The quantitative estimate of drug-likeness (QED) is 0.741. The number of piperidine rings is 1. The molecule has 0 saturated carbocycles. The van der Waals surface area contributed by atoms with Crippen LogP contribution in [0, 0.1) is 11.8 Å². The third-order valence-electron chi connectivity index (χ3n) is 6.80. The van der Waals surface area contributed by atoms with Crippen LogP contribution < -0.4 is 5.32 Å². The van der Waals surface area contributed by atoms with Gasteiger partial charge in [-0.05, 0) is 66.3 Å². The smallest absolute Gasteiger partial charge is 0.245 e. The first-order chi connectivity index (χ1) is 14.9. The zero-order valence-corrected chi connectivity index (χ0v) is 19.1. The molecule has 31 heavy (non-hydrogen) atoms. The Morgan fingerprint density at radius 2 is 1.55 bits per heavy atom. The van der Waals surface area contributed by atoms with Crippen molar-refractivity contribution >= 4 is 23.4 Å². The van der Waals surface area contributed by atoms with Crippen LogP contribution in [0.3, 0.4) is 0 Å². The number of amides is 2. The van der Waals surface area contributed by atoms with Gasteiger partial charge in [-0.3, -0.25) is 9.59 Å². The Kier molecular flexibility index (Phi) is 6.66. The van der Waals surface area contributed by atoms with Crippen molar-refractivity contribution in [3.05, 3.63) is 70.2 Å². The molecule has 1 saturated heterocycles. The van der Waals surface area contributed by atoms with E-state index in [0.29, 0.717) is 5.92 Å². The Hall–Kier alpha value is -2.33. The molecule has 1 N–H and O–H groups in total. The van der Waals surface area contributed by atoms with Crippen molar-refractivity contribution in [2.45, 2.75) is 51.5 Å². The first-order valence-electron chi connectivity index (χ1n) is 11.3. The second-order valence-corrected chi connectivity index (χ2v) is 9.69. The molecule has 2 aliphatic rings. The molecule has 0 spiro atoms. The Morgan fingerprint density at radius 1 is 0.968 bits per heavy atom. The summed E-state index contributed by atoms with van der Waals surface area (Å²) in [5.41, 5.74) is 3.78. The second-order valence-electron chi connectivity index (χ2n) is 9.26. The van der Waals surface area contributed by atoms with Crippen LogP contribution in [0.15, 0.2) is 48.5 Å². The minimum Gasteiger partial charge on any atom is -0.344 e. The monoisotopic (exact) mass is 438 g/mol. The Labute approximate surface area is 190 Å². The lowest BCUT2D eigenvalue weighted by molar-refractivity contribution is -0.139. The number of rotatable bonds is 5. The van der Waals surface area contributed by atoms with E-state index in [1.165, 1.54) is 16.7 Å². The number of nitrogens with one attached hydrogen (secondary N) is 1. The second kappa shape index (κ2) is 9.44. The molecule has 0 unspecified atom stereocenters. The van der Waals surface area contributed by atoms with Gasteiger partial charge in [0.1, 0.15) is 6.04 Å². The fourth-order valence-corrected chi connectivity index (χ4v) is 5.02. The summed E-state index contributed by atoms with van der Waals surface area (Å²) in [6, 6.07) is 15.8. The molecule has 1 heterocycles. The summed E-state index contributed by atoms with van der Waals surface area (Å²) in [5, 5.41) is 3.84. The van der Waals surface area contributed by atoms with Crippen LogP contribution in [-0.2, 0) is 22.4 Å². The number of nitrogens with zero attached hydrogens (tertiary/aromatic N) is 1. The Morgan fingerprint density at radius 3 is 2.10 bits per heavy atom. The van der Waals surface area contributed by atoms with Crippen LogP contribution in [-0.4, -0.2) is 35.8 Å². The highest BCUT2D eigenvalue weighted by Crippen LogP contribution is 2.30. The topological polar surface area (TPSA) is 49.4 Å². The summed E-state index contributed by atoms with van der Waals surface area (Å²) < 4.78 is 0. The van der Waals surface area contributed by atoms with Gasteiger partial charge < -0.3 is 10.2 Å². The van der Waals surface area contributed by atoms with Crippen LogP contribution in [0.5, 0.6) is 0 Å². The van der Waals surface area contributed by atoms with Crippen LogP contribution >= 0.6 is 11.6 Å². The Bertz CT molecular complexity index is 908. The third kappa shape index (κ3) is 4.95. The molecule has 1 fully saturated rings. The minimum atomic E-state index is -0.469. The van der Waals surface area contributed by atoms with E-state index >= 15 is 0 Å². The predicted octanol–water partition coefficient (Wildman–Crippen LogP) is 4.60. The van der Waals surface area contributed by atoms with Crippen molar-refractivity contribution in [1.82, 2.24) is 10.2 Å². The number of halogens is 1. The molecule has 164 valence electrons. The summed E-state index contributed by atoms with van der Waals surface area (Å²) in [6.07, 6.45) is 3.38. The summed E-state index contributed by atoms with van der Waals surface area (Å²) in [7, 11) is 0. The first-order valence-corrected chi connectivity index (χ1v) is 11.7. The van der Waals surface area contributed by atoms with Crippen molar-refractivity contribution < 1.29 is 9.59 Å². The lowest BCUT2D eigenvalue weighted by Crippen LogP contribution is -2.54. The fourth-order valence-electron chi connectivity index (χ4n) is 4.89. The molecule has 1 atom stereocenters. The number of likely N-dealkylation sites (tertiary alicyclic amines) is 1. The predicted molar refractivity (Wildman–Crippen MR) is 124 cm³/mol. The third-order valence-corrected chi connectivity index (χ3v) is 7.05. The summed E-state index contributed by atoms with van der Waals surface area (Å²) in [5.74, 6) is 0.467. The molecule has 1 aliphatic carbocycles. The molecule has 4 nitrogen and oxygen atoms in total. The molecule has 0 radical (unpaired) electrons. The molecule has 2 aromatic carbocycles. The zero-order valence-electron chi connectivity index (χ0n) is 18.3. The molecule has 5 heteroatoms. The highest BCUT2D eigenvalue weighted by atomic mass is 35.5. The standard InChI is InChI=1S/C26H31ClN2O2/c1-17(2)24(28-25(30)22-15-20-5-3-4-6-21(20)16-22)26(31)29-13-11-19(12-14-29)18-7-9-23(27)10-8-18/h3-10,17,19,22,24H,11-16H2,1-2H3,(H,28,30)/t24-/m1/s1. The van der Waals surface area contributed by atoms with Gasteiger partial charge in [-0.25, -0.2) is 0 Å². The number of carbonyl (C=O) groups is 2. The van der Waals surface area contributed by atoms with Gasteiger partial charge in [-0.1, -0.05) is 61.8 Å². The van der Waals surface area contributed by atoms with Crippen molar-refractivity contribution in [2.75, 3.05) is 13.1 Å². The molecule has 2 aromatic rings. The number of benzene rings is 2. The van der Waals surface area contributed by atoms with Gasteiger partial charge in [0, 0.05) is 24.0 Å². The van der Waals surface area contributed by atoms with Crippen molar-refractivity contribution in [3.63, 3.8) is 0 Å². The van der Waals surface area contributed by atoms with E-state index < -0.39 is 6.04 Å². The van der Waals surface area contributed by atoms with Gasteiger partial charge in [-0.2, -0.15) is 0 Å². The SMILES string of the molecule is CC(C)[C@@H](NC(=O)C1Cc2ccccc2C1)C(=O)N1CCC(c2ccc(Cl)cc2)CC1. The molecular formula is C26H31ClN2O2. The highest BCUT2D eigenvalue weighted by molar-refractivity contribution is 6.30. The fraction of sp³-hybridized carbons (Fsp3) is 0.462. The maximum atomic E-state index is 13.3. The van der Waals surface area contributed by atoms with E-state index in [-0.39, 0.29) is 23.7 Å². The lowest BCUT2D eigenvalue weighted by atomic mass is 9.89. The van der Waals surface area contributed by atoms with E-state index in [1.807, 2.05) is 43.0 Å². The average molecular weight is 439 g/mol. The van der Waals surface area contributed by atoms with Crippen LogP contribution in [0.4, 0.5) is 0 Å². The molecular weight excluding hydrogens is 408 g/mol.